The van der Waals surface area contributed by atoms with Crippen LogP contribution in [0.25, 0.3) is 15.9 Å². The quantitative estimate of drug-likeness (QED) is 0.742. The average Bonchev–Trinajstić information content (AvgIpc) is 3.08. The minimum absolute atomic E-state index is 0.139. The lowest BCUT2D eigenvalue weighted by Crippen LogP contribution is -2.41. The molecule has 0 spiro atoms. The number of aromatic nitrogens is 2. The smallest absolute Gasteiger partial charge is 0.336 e. The third-order valence-corrected chi connectivity index (χ3v) is 4.86. The lowest BCUT2D eigenvalue weighted by molar-refractivity contribution is -0.121. The van der Waals surface area contributed by atoms with Gasteiger partial charge in [0.05, 0.1) is 11.2 Å². The summed E-state index contributed by atoms with van der Waals surface area (Å²) in [5, 5.41) is 4.99. The van der Waals surface area contributed by atoms with Crippen LogP contribution in [0.2, 0.25) is 5.02 Å². The molecule has 0 aliphatic rings. The van der Waals surface area contributed by atoms with Gasteiger partial charge in [-0.3, -0.25) is 14.2 Å². The fourth-order valence-corrected chi connectivity index (χ4v) is 3.47. The largest absolute Gasteiger partial charge is 0.355 e. The predicted octanol–water partition coefficient (Wildman–Crippen LogP) is 2.39. The summed E-state index contributed by atoms with van der Waals surface area (Å²) in [5.41, 5.74) is -0.0679. The van der Waals surface area contributed by atoms with Crippen LogP contribution in [0.4, 0.5) is 0 Å². The first-order chi connectivity index (χ1) is 12.0. The van der Waals surface area contributed by atoms with E-state index in [2.05, 4.69) is 5.32 Å². The molecule has 1 aromatic carbocycles. The van der Waals surface area contributed by atoms with Crippen LogP contribution in [-0.2, 0) is 11.3 Å². The monoisotopic (exact) mass is 377 g/mol. The molecule has 0 saturated heterocycles. The van der Waals surface area contributed by atoms with Gasteiger partial charge in [0.2, 0.25) is 5.91 Å². The number of carbonyl (C=O) groups excluding carboxylic acids is 1. The molecule has 0 unspecified atom stereocenters. The van der Waals surface area contributed by atoms with Crippen molar-refractivity contribution in [2.24, 2.45) is 0 Å². The van der Waals surface area contributed by atoms with Crippen LogP contribution in [-0.4, -0.2) is 21.6 Å². The van der Waals surface area contributed by atoms with Crippen LogP contribution in [0.5, 0.6) is 0 Å². The van der Waals surface area contributed by atoms with Crippen LogP contribution >= 0.6 is 22.9 Å². The summed E-state index contributed by atoms with van der Waals surface area (Å²) in [5.74, 6) is -0.266. The molecular weight excluding hydrogens is 362 g/mol. The number of fused-ring (bicyclic) bond motifs is 1. The van der Waals surface area contributed by atoms with E-state index in [0.717, 1.165) is 11.0 Å². The van der Waals surface area contributed by atoms with E-state index in [9.17, 15) is 14.4 Å². The van der Waals surface area contributed by atoms with Crippen molar-refractivity contribution in [3.8, 4) is 5.69 Å². The topological polar surface area (TPSA) is 73.1 Å². The summed E-state index contributed by atoms with van der Waals surface area (Å²) >= 11 is 7.13. The Kier molecular flexibility index (Phi) is 5.06. The molecule has 3 aromatic rings. The van der Waals surface area contributed by atoms with Crippen LogP contribution < -0.4 is 16.6 Å². The van der Waals surface area contributed by atoms with Gasteiger partial charge in [-0.15, -0.1) is 11.3 Å². The van der Waals surface area contributed by atoms with Crippen molar-refractivity contribution in [3.05, 3.63) is 61.6 Å². The fraction of sp³-hybridized carbons (Fsp3) is 0.235. The summed E-state index contributed by atoms with van der Waals surface area (Å²) in [6.07, 6.45) is 0.804. The van der Waals surface area contributed by atoms with Gasteiger partial charge in [-0.05, 0) is 42.1 Å². The summed E-state index contributed by atoms with van der Waals surface area (Å²) in [6.45, 7) is 2.35. The molecule has 0 bridgehead atoms. The van der Waals surface area contributed by atoms with Crippen LogP contribution in [0, 0.1) is 0 Å². The number of carbonyl (C=O) groups is 1. The Morgan fingerprint density at radius 2 is 1.92 bits per heavy atom. The molecule has 0 aliphatic heterocycles. The second-order valence-electron chi connectivity index (χ2n) is 5.47. The highest BCUT2D eigenvalue weighted by Crippen LogP contribution is 2.17. The molecule has 3 rings (SSSR count). The number of benzene rings is 1. The number of rotatable bonds is 5. The van der Waals surface area contributed by atoms with E-state index in [0.29, 0.717) is 27.5 Å². The number of thiophene rings is 1. The van der Waals surface area contributed by atoms with Gasteiger partial charge in [0, 0.05) is 11.6 Å². The minimum Gasteiger partial charge on any atom is -0.355 e. The summed E-state index contributed by atoms with van der Waals surface area (Å²) in [6, 6.07) is 8.11. The maximum Gasteiger partial charge on any atom is 0.336 e. The van der Waals surface area contributed by atoms with E-state index >= 15 is 0 Å². The van der Waals surface area contributed by atoms with Crippen LogP contribution in [0.1, 0.15) is 13.3 Å². The third kappa shape index (κ3) is 3.38. The molecule has 2 aromatic heterocycles. The molecule has 1 N–H and O–H groups in total. The zero-order valence-electron chi connectivity index (χ0n) is 13.5. The molecular formula is C17H16ClN3O3S. The average molecular weight is 378 g/mol. The van der Waals surface area contributed by atoms with Gasteiger partial charge in [-0.25, -0.2) is 9.36 Å². The van der Waals surface area contributed by atoms with Crippen molar-refractivity contribution in [1.82, 2.24) is 14.5 Å². The van der Waals surface area contributed by atoms with Gasteiger partial charge in [-0.1, -0.05) is 18.5 Å². The molecule has 0 atom stereocenters. The van der Waals surface area contributed by atoms with Crippen molar-refractivity contribution >= 4 is 39.1 Å². The van der Waals surface area contributed by atoms with E-state index < -0.39 is 11.2 Å². The van der Waals surface area contributed by atoms with E-state index in [4.69, 9.17) is 11.6 Å². The SMILES string of the molecule is CCCNC(=O)Cn1c(=O)n(-c2ccc(Cl)cc2)c(=O)c2sccc21. The Balaban J connectivity index is 2.18. The van der Waals surface area contributed by atoms with Gasteiger partial charge in [-0.2, -0.15) is 0 Å². The van der Waals surface area contributed by atoms with Crippen LogP contribution in [0.15, 0.2) is 45.3 Å². The van der Waals surface area contributed by atoms with Gasteiger partial charge >= 0.3 is 5.69 Å². The van der Waals surface area contributed by atoms with E-state index in [1.165, 1.54) is 15.9 Å². The Labute approximate surface area is 152 Å². The van der Waals surface area contributed by atoms with Crippen molar-refractivity contribution in [2.45, 2.75) is 19.9 Å². The maximum absolute atomic E-state index is 12.9. The first-order valence-corrected chi connectivity index (χ1v) is 9.04. The molecule has 0 aliphatic carbocycles. The minimum atomic E-state index is -0.551. The second-order valence-corrected chi connectivity index (χ2v) is 6.82. The van der Waals surface area contributed by atoms with Crippen molar-refractivity contribution in [1.29, 1.82) is 0 Å². The Morgan fingerprint density at radius 1 is 1.20 bits per heavy atom. The Bertz CT molecular complexity index is 1030. The summed E-state index contributed by atoms with van der Waals surface area (Å²) in [7, 11) is 0. The number of halogens is 1. The first kappa shape index (κ1) is 17.4. The highest BCUT2D eigenvalue weighted by atomic mass is 35.5. The number of amides is 1. The van der Waals surface area contributed by atoms with Crippen molar-refractivity contribution < 1.29 is 4.79 Å². The van der Waals surface area contributed by atoms with E-state index in [1.807, 2.05) is 6.92 Å². The van der Waals surface area contributed by atoms with Gasteiger partial charge < -0.3 is 5.32 Å². The standard InChI is InChI=1S/C17H16ClN3O3S/c1-2-8-19-14(22)10-20-13-7-9-25-15(13)16(23)21(17(20)24)12-5-3-11(18)4-6-12/h3-7,9H,2,8,10H2,1H3,(H,19,22). The highest BCUT2D eigenvalue weighted by Gasteiger charge is 2.17. The first-order valence-electron chi connectivity index (χ1n) is 7.78. The molecule has 2 heterocycles. The van der Waals surface area contributed by atoms with E-state index in [1.54, 1.807) is 35.7 Å². The zero-order valence-corrected chi connectivity index (χ0v) is 15.1. The number of hydrogen-bond donors (Lipinski definition) is 1. The zero-order chi connectivity index (χ0) is 18.0. The third-order valence-electron chi connectivity index (χ3n) is 3.71. The predicted molar refractivity (Wildman–Crippen MR) is 100.0 cm³/mol. The number of nitrogens with one attached hydrogen (secondary N) is 1. The second kappa shape index (κ2) is 7.25. The Morgan fingerprint density at radius 3 is 2.60 bits per heavy atom. The Hall–Kier alpha value is -2.38. The molecule has 1 amide bonds. The molecule has 130 valence electrons. The lowest BCUT2D eigenvalue weighted by Gasteiger charge is -2.12. The lowest BCUT2D eigenvalue weighted by atomic mass is 10.3. The van der Waals surface area contributed by atoms with Crippen molar-refractivity contribution in [3.63, 3.8) is 0 Å². The van der Waals surface area contributed by atoms with Crippen LogP contribution in [0.3, 0.4) is 0 Å². The van der Waals surface area contributed by atoms with Crippen molar-refractivity contribution in [2.75, 3.05) is 6.54 Å². The molecule has 8 heteroatoms. The molecule has 25 heavy (non-hydrogen) atoms. The van der Waals surface area contributed by atoms with Gasteiger partial charge in [0.25, 0.3) is 5.56 Å². The molecule has 6 nitrogen and oxygen atoms in total. The van der Waals surface area contributed by atoms with Gasteiger partial charge in [0.1, 0.15) is 11.2 Å². The maximum atomic E-state index is 12.9. The number of nitrogens with zero attached hydrogens (tertiary/aromatic N) is 2. The molecule has 0 saturated carbocycles. The normalized spacial score (nSPS) is 11.0. The summed E-state index contributed by atoms with van der Waals surface area (Å²) in [4.78, 5) is 37.7. The van der Waals surface area contributed by atoms with E-state index in [-0.39, 0.29) is 12.5 Å². The van der Waals surface area contributed by atoms with Gasteiger partial charge in [0.15, 0.2) is 0 Å². The molecule has 0 fully saturated rings. The number of hydrogen-bond acceptors (Lipinski definition) is 4. The fourth-order valence-electron chi connectivity index (χ4n) is 2.52. The highest BCUT2D eigenvalue weighted by molar-refractivity contribution is 7.17. The summed E-state index contributed by atoms with van der Waals surface area (Å²) < 4.78 is 2.83. The molecule has 0 radical (unpaired) electrons.